The van der Waals surface area contributed by atoms with Gasteiger partial charge in [0.2, 0.25) is 0 Å². The number of carbonyl (C=O) groups excluding carboxylic acids is 1. The van der Waals surface area contributed by atoms with Gasteiger partial charge < -0.3 is 5.11 Å². The maximum absolute atomic E-state index is 12.9. The molecule has 0 aromatic rings. The lowest BCUT2D eigenvalue weighted by molar-refractivity contribution is -0.127. The molecule has 228 valence electrons. The van der Waals surface area contributed by atoms with E-state index in [4.69, 9.17) is 0 Å². The first-order chi connectivity index (χ1) is 19.6. The summed E-state index contributed by atoms with van der Waals surface area (Å²) in [6.07, 6.45) is 33.5. The molecule has 2 aliphatic rings. The molecule has 2 atom stereocenters. The number of allylic oxidation sites excluding steroid dienone is 20. The van der Waals surface area contributed by atoms with Crippen molar-refractivity contribution in [3.05, 3.63) is 119 Å². The predicted molar refractivity (Wildman–Crippen MR) is 183 cm³/mol. The second kappa shape index (κ2) is 15.5. The minimum atomic E-state index is -0.524. The molecular formula is C40H56O2. The zero-order chi connectivity index (χ0) is 31.6. The van der Waals surface area contributed by atoms with Gasteiger partial charge in [-0.1, -0.05) is 141 Å². The van der Waals surface area contributed by atoms with E-state index in [1.807, 2.05) is 32.1 Å². The summed E-state index contributed by atoms with van der Waals surface area (Å²) in [6.45, 7) is 21.5. The Labute approximate surface area is 257 Å². The molecule has 2 rings (SSSR count). The van der Waals surface area contributed by atoms with Gasteiger partial charge in [-0.3, -0.25) is 4.79 Å². The van der Waals surface area contributed by atoms with Gasteiger partial charge in [-0.05, 0) is 89.2 Å². The van der Waals surface area contributed by atoms with E-state index >= 15 is 0 Å². The monoisotopic (exact) mass is 568 g/mol. The second-order valence-electron chi connectivity index (χ2n) is 14.0. The summed E-state index contributed by atoms with van der Waals surface area (Å²) in [7, 11) is 0. The quantitative estimate of drug-likeness (QED) is 0.199. The van der Waals surface area contributed by atoms with Crippen molar-refractivity contribution in [1.29, 1.82) is 0 Å². The molecule has 1 fully saturated rings. The van der Waals surface area contributed by atoms with Crippen LogP contribution in [0.4, 0.5) is 0 Å². The number of aliphatic hydroxyl groups is 1. The minimum absolute atomic E-state index is 0.0925. The van der Waals surface area contributed by atoms with Crippen LogP contribution < -0.4 is 0 Å². The molecule has 0 aliphatic heterocycles. The standard InChI is InChI=1S/C40H56O2/c1-30(18-13-20-32(3)23-25-36-34(5)22-15-27-38(36,6)7)16-11-12-17-31(2)19-14-21-33(4)24-26-37(42)40(10)29-35(41)28-39(40,8)9/h11-14,16-21,23-26,35,41H,15,22,27-29H2,1-10H3/b12-11+,18-13+,19-14?,25-23+,26-24?,30-16+,31-17?,32-20+,33-21?. The van der Waals surface area contributed by atoms with Crippen molar-refractivity contribution < 1.29 is 9.90 Å². The van der Waals surface area contributed by atoms with Crippen LogP contribution >= 0.6 is 0 Å². The predicted octanol–water partition coefficient (Wildman–Crippen LogP) is 10.8. The SMILES string of the molecule is CC(C=CC(=O)C1(C)CC(O)CC1(C)C)=CC=CC(C)=C/C=C/C=C(C)/C=C/C=C(C)/C=C/C1=C(C)CCCC1(C)C. The van der Waals surface area contributed by atoms with Gasteiger partial charge >= 0.3 is 0 Å². The Morgan fingerprint density at radius 1 is 0.714 bits per heavy atom. The highest BCUT2D eigenvalue weighted by atomic mass is 16.3. The van der Waals surface area contributed by atoms with Gasteiger partial charge in [-0.25, -0.2) is 0 Å². The molecule has 0 heterocycles. The van der Waals surface area contributed by atoms with Crippen LogP contribution in [-0.4, -0.2) is 17.0 Å². The Balaban J connectivity index is 1.88. The van der Waals surface area contributed by atoms with Gasteiger partial charge in [0.1, 0.15) is 0 Å². The van der Waals surface area contributed by atoms with Crippen LogP contribution in [0.2, 0.25) is 0 Å². The third-order valence-corrected chi connectivity index (χ3v) is 9.25. The van der Waals surface area contributed by atoms with E-state index in [9.17, 15) is 9.90 Å². The third-order valence-electron chi connectivity index (χ3n) is 9.25. The average molecular weight is 569 g/mol. The fourth-order valence-corrected chi connectivity index (χ4v) is 6.02. The summed E-state index contributed by atoms with van der Waals surface area (Å²) in [5.41, 5.74) is 7.17. The molecule has 42 heavy (non-hydrogen) atoms. The van der Waals surface area contributed by atoms with Crippen molar-refractivity contribution in [1.82, 2.24) is 0 Å². The molecule has 2 heteroatoms. The van der Waals surface area contributed by atoms with Crippen LogP contribution in [-0.2, 0) is 4.79 Å². The normalized spacial score (nSPS) is 26.3. The maximum Gasteiger partial charge on any atom is 0.162 e. The van der Waals surface area contributed by atoms with E-state index in [0.717, 1.165) is 11.1 Å². The van der Waals surface area contributed by atoms with E-state index in [2.05, 4.69) is 116 Å². The van der Waals surface area contributed by atoms with Crippen LogP contribution in [0.5, 0.6) is 0 Å². The zero-order valence-electron chi connectivity index (χ0n) is 28.1. The van der Waals surface area contributed by atoms with Crippen LogP contribution in [0, 0.1) is 16.2 Å². The summed E-state index contributed by atoms with van der Waals surface area (Å²) < 4.78 is 0. The highest BCUT2D eigenvalue weighted by molar-refractivity contribution is 5.95. The first kappa shape index (κ1) is 35.2. The van der Waals surface area contributed by atoms with Gasteiger partial charge in [0.25, 0.3) is 0 Å². The molecule has 2 nitrogen and oxygen atoms in total. The molecule has 0 radical (unpaired) electrons. The summed E-state index contributed by atoms with van der Waals surface area (Å²) in [5.74, 6) is 0.0925. The Hall–Kier alpha value is -2.97. The average Bonchev–Trinajstić information content (AvgIpc) is 3.10. The van der Waals surface area contributed by atoms with Crippen LogP contribution in [0.3, 0.4) is 0 Å². The van der Waals surface area contributed by atoms with Gasteiger partial charge in [-0.15, -0.1) is 0 Å². The molecule has 0 saturated heterocycles. The van der Waals surface area contributed by atoms with Crippen LogP contribution in [0.25, 0.3) is 0 Å². The number of aliphatic hydroxyl groups excluding tert-OH is 1. The summed E-state index contributed by atoms with van der Waals surface area (Å²) in [4.78, 5) is 12.9. The van der Waals surface area contributed by atoms with E-state index in [0.29, 0.717) is 12.8 Å². The highest BCUT2D eigenvalue weighted by Crippen LogP contribution is 2.53. The Morgan fingerprint density at radius 3 is 1.71 bits per heavy atom. The van der Waals surface area contributed by atoms with Crippen LogP contribution in [0.15, 0.2) is 119 Å². The van der Waals surface area contributed by atoms with E-state index < -0.39 is 11.5 Å². The molecule has 2 aliphatic carbocycles. The second-order valence-corrected chi connectivity index (χ2v) is 14.0. The zero-order valence-corrected chi connectivity index (χ0v) is 28.1. The molecule has 2 unspecified atom stereocenters. The van der Waals surface area contributed by atoms with Crippen molar-refractivity contribution >= 4 is 5.78 Å². The molecule has 0 aromatic heterocycles. The smallest absolute Gasteiger partial charge is 0.162 e. The van der Waals surface area contributed by atoms with Gasteiger partial charge in [-0.2, -0.15) is 0 Å². The Kier molecular flexibility index (Phi) is 13.0. The largest absolute Gasteiger partial charge is 0.393 e. The van der Waals surface area contributed by atoms with Crippen LogP contribution in [0.1, 0.15) is 101 Å². The molecule has 0 aromatic carbocycles. The number of hydrogen-bond donors (Lipinski definition) is 1. The molecule has 1 N–H and O–H groups in total. The Bertz CT molecular complexity index is 1280. The van der Waals surface area contributed by atoms with Crippen molar-refractivity contribution in [3.8, 4) is 0 Å². The first-order valence-corrected chi connectivity index (χ1v) is 15.6. The lowest BCUT2D eigenvalue weighted by atomic mass is 9.66. The van der Waals surface area contributed by atoms with E-state index in [1.165, 1.54) is 41.6 Å². The molecule has 0 amide bonds. The summed E-state index contributed by atoms with van der Waals surface area (Å²) in [6, 6.07) is 0. The number of rotatable bonds is 11. The highest BCUT2D eigenvalue weighted by Gasteiger charge is 2.52. The van der Waals surface area contributed by atoms with Crippen molar-refractivity contribution in [2.75, 3.05) is 0 Å². The topological polar surface area (TPSA) is 37.3 Å². The van der Waals surface area contributed by atoms with Crippen molar-refractivity contribution in [2.45, 2.75) is 107 Å². The number of ketones is 1. The number of hydrogen-bond acceptors (Lipinski definition) is 2. The minimum Gasteiger partial charge on any atom is -0.393 e. The summed E-state index contributed by atoms with van der Waals surface area (Å²) in [5, 5.41) is 10.1. The van der Waals surface area contributed by atoms with Crippen molar-refractivity contribution in [3.63, 3.8) is 0 Å². The van der Waals surface area contributed by atoms with Gasteiger partial charge in [0.05, 0.1) is 6.10 Å². The summed E-state index contributed by atoms with van der Waals surface area (Å²) >= 11 is 0. The molecule has 0 bridgehead atoms. The Morgan fingerprint density at radius 2 is 1.21 bits per heavy atom. The fraction of sp³-hybridized carbons (Fsp3) is 0.475. The van der Waals surface area contributed by atoms with E-state index in [1.54, 1.807) is 6.08 Å². The van der Waals surface area contributed by atoms with Gasteiger partial charge in [0.15, 0.2) is 5.78 Å². The van der Waals surface area contributed by atoms with Crippen molar-refractivity contribution in [2.24, 2.45) is 16.2 Å². The van der Waals surface area contributed by atoms with Gasteiger partial charge in [0, 0.05) is 5.41 Å². The molecule has 1 saturated carbocycles. The number of carbonyl (C=O) groups is 1. The fourth-order valence-electron chi connectivity index (χ4n) is 6.02. The first-order valence-electron chi connectivity index (χ1n) is 15.6. The van der Waals surface area contributed by atoms with E-state index in [-0.39, 0.29) is 16.6 Å². The third kappa shape index (κ3) is 10.4. The maximum atomic E-state index is 12.9. The molecular weight excluding hydrogens is 512 g/mol. The molecule has 0 spiro atoms. The lowest BCUT2D eigenvalue weighted by Crippen LogP contribution is -2.36. The lowest BCUT2D eigenvalue weighted by Gasteiger charge is -2.35.